The summed E-state index contributed by atoms with van der Waals surface area (Å²) in [5.74, 6) is 2.44. The number of aryl methyl sites for hydroxylation is 1. The van der Waals surface area contributed by atoms with Gasteiger partial charge in [0, 0.05) is 25.1 Å². The average Bonchev–Trinajstić information content (AvgIpc) is 3.47. The number of nitrogens with zero attached hydrogens (tertiary/aromatic N) is 1. The lowest BCUT2D eigenvalue weighted by Crippen LogP contribution is -2.31. The number of benzene rings is 3. The van der Waals surface area contributed by atoms with Crippen LogP contribution in [-0.2, 0) is 11.2 Å². The third-order valence-electron chi connectivity index (χ3n) is 8.57. The zero-order chi connectivity index (χ0) is 27.4. The van der Waals surface area contributed by atoms with Gasteiger partial charge in [-0.1, -0.05) is 87.6 Å². The van der Waals surface area contributed by atoms with Gasteiger partial charge in [0.25, 0.3) is 0 Å². The Labute approximate surface area is 242 Å². The van der Waals surface area contributed by atoms with Gasteiger partial charge in [-0.15, -0.1) is 0 Å². The Balaban J connectivity index is 1.00. The Morgan fingerprint density at radius 3 is 2.20 bits per heavy atom. The van der Waals surface area contributed by atoms with E-state index in [-0.39, 0.29) is 0 Å². The van der Waals surface area contributed by atoms with E-state index in [1.54, 1.807) is 0 Å². The highest BCUT2D eigenvalue weighted by molar-refractivity contribution is 5.77. The molecule has 4 nitrogen and oxygen atoms in total. The number of hydrogen-bond donors (Lipinski definition) is 1. The molecule has 2 aliphatic rings. The van der Waals surface area contributed by atoms with Crippen molar-refractivity contribution in [3.63, 3.8) is 0 Å². The summed E-state index contributed by atoms with van der Waals surface area (Å²) in [5, 5.41) is 3.70. The standard InChI is InChI=1S/C36H48N2O2/c1-2-3-4-5-6-8-15-29-20-22-30(23-21-29)31-24-25-37-32(31)28-39-27-14-7-13-26-38-33-16-9-11-18-35(33)40-36-19-12-10-17-34(36)38/h9-12,16-23,31-32,37H,2-8,13-15,24-28H2,1H3/t31-,32-/m1/s1. The molecule has 0 aliphatic carbocycles. The minimum Gasteiger partial charge on any atom is -0.453 e. The molecule has 0 unspecified atom stereocenters. The molecule has 214 valence electrons. The molecule has 2 atom stereocenters. The van der Waals surface area contributed by atoms with Crippen molar-refractivity contribution in [1.29, 1.82) is 0 Å². The lowest BCUT2D eigenvalue weighted by atomic mass is 9.91. The van der Waals surface area contributed by atoms with Crippen molar-refractivity contribution < 1.29 is 9.47 Å². The van der Waals surface area contributed by atoms with E-state index in [4.69, 9.17) is 9.47 Å². The molecule has 40 heavy (non-hydrogen) atoms. The molecule has 3 aromatic rings. The van der Waals surface area contributed by atoms with Gasteiger partial charge in [0.05, 0.1) is 18.0 Å². The topological polar surface area (TPSA) is 33.7 Å². The molecule has 0 spiro atoms. The van der Waals surface area contributed by atoms with Gasteiger partial charge in [-0.2, -0.15) is 0 Å². The SMILES string of the molecule is CCCCCCCCc1ccc([C@H]2CCN[C@@H]2COCCCCCN2c3ccccc3Oc3ccccc32)cc1. The fourth-order valence-corrected chi connectivity index (χ4v) is 6.27. The van der Waals surface area contributed by atoms with Crippen LogP contribution in [0.1, 0.15) is 88.2 Å². The molecule has 0 radical (unpaired) electrons. The third kappa shape index (κ3) is 7.67. The summed E-state index contributed by atoms with van der Waals surface area (Å²) >= 11 is 0. The van der Waals surface area contributed by atoms with Gasteiger partial charge in [-0.25, -0.2) is 0 Å². The fraction of sp³-hybridized carbons (Fsp3) is 0.500. The first-order valence-corrected chi connectivity index (χ1v) is 15.9. The quantitative estimate of drug-likeness (QED) is 0.184. The Hall–Kier alpha value is -2.82. The van der Waals surface area contributed by atoms with Gasteiger partial charge in [0.2, 0.25) is 0 Å². The zero-order valence-electron chi connectivity index (χ0n) is 24.5. The van der Waals surface area contributed by atoms with Crippen molar-refractivity contribution >= 4 is 11.4 Å². The molecule has 5 rings (SSSR count). The van der Waals surface area contributed by atoms with Crippen LogP contribution in [0.15, 0.2) is 72.8 Å². The van der Waals surface area contributed by atoms with Crippen molar-refractivity contribution in [2.24, 2.45) is 0 Å². The van der Waals surface area contributed by atoms with Crippen molar-refractivity contribution in [1.82, 2.24) is 5.32 Å². The van der Waals surface area contributed by atoms with Gasteiger partial charge in [0.1, 0.15) is 0 Å². The van der Waals surface area contributed by atoms with E-state index in [9.17, 15) is 0 Å². The van der Waals surface area contributed by atoms with Gasteiger partial charge in [-0.3, -0.25) is 0 Å². The molecule has 2 heterocycles. The monoisotopic (exact) mass is 540 g/mol. The van der Waals surface area contributed by atoms with Crippen LogP contribution in [0.3, 0.4) is 0 Å². The van der Waals surface area contributed by atoms with Crippen molar-refractivity contribution in [3.05, 3.63) is 83.9 Å². The Morgan fingerprint density at radius 1 is 0.775 bits per heavy atom. The van der Waals surface area contributed by atoms with E-state index in [1.807, 2.05) is 12.1 Å². The summed E-state index contributed by atoms with van der Waals surface area (Å²) in [7, 11) is 0. The second-order valence-corrected chi connectivity index (χ2v) is 11.5. The molecular formula is C36H48N2O2. The van der Waals surface area contributed by atoms with E-state index in [0.29, 0.717) is 12.0 Å². The summed E-state index contributed by atoms with van der Waals surface area (Å²) in [5.41, 5.74) is 5.27. The second kappa shape index (κ2) is 15.3. The van der Waals surface area contributed by atoms with Gasteiger partial charge < -0.3 is 19.7 Å². The van der Waals surface area contributed by atoms with Crippen LogP contribution >= 0.6 is 0 Å². The van der Waals surface area contributed by atoms with E-state index in [2.05, 4.69) is 77.8 Å². The normalized spacial score (nSPS) is 17.9. The number of rotatable bonds is 16. The van der Waals surface area contributed by atoms with Gasteiger partial charge in [-0.05, 0) is 80.5 Å². The first kappa shape index (κ1) is 28.7. The molecule has 1 fully saturated rings. The maximum atomic E-state index is 6.19. The van der Waals surface area contributed by atoms with E-state index < -0.39 is 0 Å². The number of hydrogen-bond acceptors (Lipinski definition) is 4. The summed E-state index contributed by atoms with van der Waals surface area (Å²) in [6, 6.07) is 26.6. The molecule has 3 aromatic carbocycles. The maximum Gasteiger partial charge on any atom is 0.151 e. The van der Waals surface area contributed by atoms with Crippen LogP contribution in [0.4, 0.5) is 11.4 Å². The number of fused-ring (bicyclic) bond motifs is 2. The molecule has 1 N–H and O–H groups in total. The van der Waals surface area contributed by atoms with Crippen LogP contribution in [-0.4, -0.2) is 32.3 Å². The van der Waals surface area contributed by atoms with Crippen LogP contribution in [0.2, 0.25) is 0 Å². The molecule has 0 aromatic heterocycles. The highest BCUT2D eigenvalue weighted by Gasteiger charge is 2.28. The first-order valence-electron chi connectivity index (χ1n) is 15.9. The maximum absolute atomic E-state index is 6.19. The molecule has 0 saturated carbocycles. The van der Waals surface area contributed by atoms with Gasteiger partial charge >= 0.3 is 0 Å². The lowest BCUT2D eigenvalue weighted by molar-refractivity contribution is 0.108. The predicted octanol–water partition coefficient (Wildman–Crippen LogP) is 9.17. The Morgan fingerprint density at radius 2 is 1.45 bits per heavy atom. The predicted molar refractivity (Wildman–Crippen MR) is 167 cm³/mol. The molecule has 0 bridgehead atoms. The van der Waals surface area contributed by atoms with Gasteiger partial charge in [0.15, 0.2) is 11.5 Å². The molecule has 0 amide bonds. The highest BCUT2D eigenvalue weighted by Crippen LogP contribution is 2.46. The number of para-hydroxylation sites is 4. The van der Waals surface area contributed by atoms with Crippen molar-refractivity contribution in [3.8, 4) is 11.5 Å². The first-order chi connectivity index (χ1) is 19.8. The number of ether oxygens (including phenoxy) is 2. The Bertz CT molecular complexity index is 1120. The number of nitrogens with one attached hydrogen (secondary N) is 1. The van der Waals surface area contributed by atoms with Crippen LogP contribution in [0.5, 0.6) is 11.5 Å². The minimum atomic E-state index is 0.422. The summed E-state index contributed by atoms with van der Waals surface area (Å²) in [6.07, 6.45) is 14.0. The summed E-state index contributed by atoms with van der Waals surface area (Å²) in [4.78, 5) is 2.40. The molecular weight excluding hydrogens is 492 g/mol. The molecule has 1 saturated heterocycles. The zero-order valence-corrected chi connectivity index (χ0v) is 24.5. The van der Waals surface area contributed by atoms with E-state index in [0.717, 1.165) is 68.4 Å². The average molecular weight is 541 g/mol. The Kier molecular flexibility index (Phi) is 10.9. The summed E-state index contributed by atoms with van der Waals surface area (Å²) in [6.45, 7) is 5.98. The molecule has 2 aliphatic heterocycles. The largest absolute Gasteiger partial charge is 0.453 e. The fourth-order valence-electron chi connectivity index (χ4n) is 6.27. The third-order valence-corrected chi connectivity index (χ3v) is 8.57. The second-order valence-electron chi connectivity index (χ2n) is 11.5. The highest BCUT2D eigenvalue weighted by atomic mass is 16.5. The van der Waals surface area contributed by atoms with E-state index in [1.165, 1.54) is 62.5 Å². The summed E-state index contributed by atoms with van der Waals surface area (Å²) < 4.78 is 12.3. The minimum absolute atomic E-state index is 0.422. The van der Waals surface area contributed by atoms with Crippen molar-refractivity contribution in [2.75, 3.05) is 31.2 Å². The van der Waals surface area contributed by atoms with Crippen LogP contribution in [0, 0.1) is 0 Å². The van der Waals surface area contributed by atoms with Crippen LogP contribution < -0.4 is 15.0 Å². The smallest absolute Gasteiger partial charge is 0.151 e. The lowest BCUT2D eigenvalue weighted by Gasteiger charge is -2.32. The van der Waals surface area contributed by atoms with Crippen molar-refractivity contribution in [2.45, 2.75) is 89.5 Å². The van der Waals surface area contributed by atoms with Crippen LogP contribution in [0.25, 0.3) is 0 Å². The molecule has 4 heteroatoms. The number of unbranched alkanes of at least 4 members (excludes halogenated alkanes) is 7. The number of anilines is 2. The van der Waals surface area contributed by atoms with E-state index >= 15 is 0 Å².